The second-order valence-electron chi connectivity index (χ2n) is 3.95. The molecule has 5 heteroatoms. The Morgan fingerprint density at radius 2 is 2.06 bits per heavy atom. The van der Waals surface area contributed by atoms with Crippen molar-refractivity contribution in [3.05, 3.63) is 29.8 Å². The van der Waals surface area contributed by atoms with Crippen LogP contribution in [0, 0.1) is 5.41 Å². The summed E-state index contributed by atoms with van der Waals surface area (Å²) in [5, 5.41) is 16.9. The van der Waals surface area contributed by atoms with Gasteiger partial charge >= 0.3 is 0 Å². The predicted octanol–water partition coefficient (Wildman–Crippen LogP) is 0.414. The number of amidine groups is 1. The predicted molar refractivity (Wildman–Crippen MR) is 68.6 cm³/mol. The summed E-state index contributed by atoms with van der Waals surface area (Å²) < 4.78 is 4.87. The molecule has 5 nitrogen and oxygen atoms in total. The second-order valence-corrected chi connectivity index (χ2v) is 3.95. The molecule has 17 heavy (non-hydrogen) atoms. The minimum absolute atomic E-state index is 0.0543. The number of hydrogen-bond acceptors (Lipinski definition) is 4. The minimum Gasteiger partial charge on any atom is -0.389 e. The maximum Gasteiger partial charge on any atom is 0.122 e. The van der Waals surface area contributed by atoms with Gasteiger partial charge in [-0.3, -0.25) is 5.41 Å². The normalized spacial score (nSPS) is 12.2. The van der Waals surface area contributed by atoms with Crippen molar-refractivity contribution in [2.75, 3.05) is 32.2 Å². The number of nitrogen functional groups attached to an aromatic ring is 1. The quantitative estimate of drug-likeness (QED) is 0.494. The molecule has 0 aliphatic carbocycles. The molecule has 0 amide bonds. The number of hydrogen-bond donors (Lipinski definition) is 3. The molecule has 94 valence electrons. The molecule has 0 saturated carbocycles. The summed E-state index contributed by atoms with van der Waals surface area (Å²) in [6.07, 6.45) is -0.516. The van der Waals surface area contributed by atoms with Gasteiger partial charge in [-0.15, -0.1) is 0 Å². The van der Waals surface area contributed by atoms with E-state index in [-0.39, 0.29) is 5.84 Å². The number of likely N-dealkylation sites (N-methyl/N-ethyl adjacent to an activating group) is 1. The van der Waals surface area contributed by atoms with E-state index < -0.39 is 6.10 Å². The largest absolute Gasteiger partial charge is 0.389 e. The van der Waals surface area contributed by atoms with E-state index in [2.05, 4.69) is 0 Å². The molecule has 1 atom stereocenters. The van der Waals surface area contributed by atoms with E-state index in [1.807, 2.05) is 24.1 Å². The van der Waals surface area contributed by atoms with Gasteiger partial charge in [0, 0.05) is 32.0 Å². The Morgan fingerprint density at radius 3 is 2.53 bits per heavy atom. The summed E-state index contributed by atoms with van der Waals surface area (Å²) in [5.41, 5.74) is 7.03. The highest BCUT2D eigenvalue weighted by Gasteiger charge is 2.08. The van der Waals surface area contributed by atoms with Crippen LogP contribution in [0.15, 0.2) is 24.3 Å². The van der Waals surface area contributed by atoms with Gasteiger partial charge in [-0.2, -0.15) is 0 Å². The van der Waals surface area contributed by atoms with Crippen molar-refractivity contribution in [2.45, 2.75) is 6.10 Å². The van der Waals surface area contributed by atoms with E-state index in [9.17, 15) is 5.11 Å². The van der Waals surface area contributed by atoms with Gasteiger partial charge in [0.05, 0.1) is 12.7 Å². The van der Waals surface area contributed by atoms with Gasteiger partial charge in [-0.25, -0.2) is 0 Å². The zero-order valence-corrected chi connectivity index (χ0v) is 10.2. The Bertz CT molecular complexity index is 365. The molecule has 0 aliphatic heterocycles. The lowest BCUT2D eigenvalue weighted by atomic mass is 10.2. The molecule has 1 rings (SSSR count). The molecule has 0 aliphatic rings. The van der Waals surface area contributed by atoms with Gasteiger partial charge in [0.2, 0.25) is 0 Å². The average molecular weight is 237 g/mol. The summed E-state index contributed by atoms with van der Waals surface area (Å²) in [7, 11) is 3.45. The van der Waals surface area contributed by atoms with Crippen LogP contribution in [-0.2, 0) is 4.74 Å². The van der Waals surface area contributed by atoms with E-state index >= 15 is 0 Å². The molecule has 1 aromatic rings. The lowest BCUT2D eigenvalue weighted by Crippen LogP contribution is -2.31. The van der Waals surface area contributed by atoms with Crippen molar-refractivity contribution >= 4 is 11.5 Å². The highest BCUT2D eigenvalue weighted by atomic mass is 16.5. The van der Waals surface area contributed by atoms with Gasteiger partial charge in [-0.05, 0) is 24.3 Å². The number of nitrogens with two attached hydrogens (primary N) is 1. The molecule has 0 bridgehead atoms. The third kappa shape index (κ3) is 4.05. The molecule has 0 aromatic heterocycles. The fraction of sp³-hybridized carbons (Fsp3) is 0.417. The Balaban J connectivity index is 2.63. The Hall–Kier alpha value is -1.59. The standard InChI is InChI=1S/C12H19N3O2/c1-15(7-11(16)8-17-2)10-5-3-9(4-6-10)12(13)14/h3-6,11,16H,7-8H2,1-2H3,(H3,13,14). The molecule has 1 unspecified atom stereocenters. The smallest absolute Gasteiger partial charge is 0.122 e. The molecule has 0 radical (unpaired) electrons. The van der Waals surface area contributed by atoms with Crippen LogP contribution >= 0.6 is 0 Å². The fourth-order valence-electron chi connectivity index (χ4n) is 1.56. The van der Waals surface area contributed by atoms with Crippen LogP contribution in [0.2, 0.25) is 0 Å². The summed E-state index contributed by atoms with van der Waals surface area (Å²) >= 11 is 0. The van der Waals surface area contributed by atoms with E-state index in [1.165, 1.54) is 0 Å². The van der Waals surface area contributed by atoms with Gasteiger partial charge in [0.25, 0.3) is 0 Å². The first kappa shape index (κ1) is 13.5. The van der Waals surface area contributed by atoms with Crippen LogP contribution in [0.5, 0.6) is 0 Å². The summed E-state index contributed by atoms with van der Waals surface area (Å²) in [5.74, 6) is 0.0543. The molecule has 0 spiro atoms. The topological polar surface area (TPSA) is 82.6 Å². The van der Waals surface area contributed by atoms with Crippen molar-refractivity contribution in [1.29, 1.82) is 5.41 Å². The van der Waals surface area contributed by atoms with E-state index in [0.29, 0.717) is 18.7 Å². The number of methoxy groups -OCH3 is 1. The maximum atomic E-state index is 9.60. The third-order valence-electron chi connectivity index (χ3n) is 2.46. The van der Waals surface area contributed by atoms with Gasteiger partial charge in [-0.1, -0.05) is 0 Å². The number of anilines is 1. The van der Waals surface area contributed by atoms with Crippen molar-refractivity contribution in [1.82, 2.24) is 0 Å². The van der Waals surface area contributed by atoms with Gasteiger partial charge in [0.1, 0.15) is 5.84 Å². The van der Waals surface area contributed by atoms with Crippen LogP contribution in [-0.4, -0.2) is 44.4 Å². The highest BCUT2D eigenvalue weighted by Crippen LogP contribution is 2.13. The monoisotopic (exact) mass is 237 g/mol. The zero-order valence-electron chi connectivity index (χ0n) is 10.2. The minimum atomic E-state index is -0.516. The fourth-order valence-corrected chi connectivity index (χ4v) is 1.56. The van der Waals surface area contributed by atoms with Crippen LogP contribution in [0.4, 0.5) is 5.69 Å². The second kappa shape index (κ2) is 6.22. The first-order valence-corrected chi connectivity index (χ1v) is 5.37. The van der Waals surface area contributed by atoms with Crippen molar-refractivity contribution in [2.24, 2.45) is 5.73 Å². The van der Waals surface area contributed by atoms with Gasteiger partial charge in [0.15, 0.2) is 0 Å². The van der Waals surface area contributed by atoms with E-state index in [4.69, 9.17) is 15.9 Å². The maximum absolute atomic E-state index is 9.60. The molecular weight excluding hydrogens is 218 g/mol. The lowest BCUT2D eigenvalue weighted by molar-refractivity contribution is 0.0695. The Kier molecular flexibility index (Phi) is 4.93. The zero-order chi connectivity index (χ0) is 12.8. The number of nitrogens with one attached hydrogen (secondary N) is 1. The average Bonchev–Trinajstić information content (AvgIpc) is 2.29. The Labute approximate surface area is 101 Å². The molecule has 0 fully saturated rings. The van der Waals surface area contributed by atoms with E-state index in [0.717, 1.165) is 5.69 Å². The van der Waals surface area contributed by atoms with E-state index in [1.54, 1.807) is 19.2 Å². The molecule has 1 aromatic carbocycles. The van der Waals surface area contributed by atoms with Gasteiger partial charge < -0.3 is 20.5 Å². The SMILES string of the molecule is COCC(O)CN(C)c1ccc(C(=N)N)cc1. The third-order valence-corrected chi connectivity index (χ3v) is 2.46. The Morgan fingerprint density at radius 1 is 1.47 bits per heavy atom. The number of aliphatic hydroxyl groups is 1. The number of ether oxygens (including phenoxy) is 1. The summed E-state index contributed by atoms with van der Waals surface area (Å²) in [6, 6.07) is 7.32. The van der Waals surface area contributed by atoms with Crippen molar-refractivity contribution in [3.8, 4) is 0 Å². The van der Waals surface area contributed by atoms with Crippen LogP contribution in [0.3, 0.4) is 0 Å². The first-order chi connectivity index (χ1) is 8.04. The number of aliphatic hydroxyl groups excluding tert-OH is 1. The number of rotatable bonds is 6. The number of benzene rings is 1. The molecular formula is C12H19N3O2. The van der Waals surface area contributed by atoms with Crippen LogP contribution in [0.1, 0.15) is 5.56 Å². The lowest BCUT2D eigenvalue weighted by Gasteiger charge is -2.22. The molecule has 4 N–H and O–H groups in total. The van der Waals surface area contributed by atoms with Crippen LogP contribution in [0.25, 0.3) is 0 Å². The number of nitrogens with zero attached hydrogens (tertiary/aromatic N) is 1. The summed E-state index contributed by atoms with van der Waals surface area (Å²) in [4.78, 5) is 1.92. The molecule has 0 saturated heterocycles. The van der Waals surface area contributed by atoms with Crippen molar-refractivity contribution < 1.29 is 9.84 Å². The van der Waals surface area contributed by atoms with Crippen molar-refractivity contribution in [3.63, 3.8) is 0 Å². The van der Waals surface area contributed by atoms with Crippen LogP contribution < -0.4 is 10.6 Å². The molecule has 0 heterocycles. The first-order valence-electron chi connectivity index (χ1n) is 5.37. The highest BCUT2D eigenvalue weighted by molar-refractivity contribution is 5.95. The summed E-state index contributed by atoms with van der Waals surface area (Å²) in [6.45, 7) is 0.809.